The number of halogens is 1. The topological polar surface area (TPSA) is 79.8 Å². The molecule has 0 atom stereocenters. The lowest BCUT2D eigenvalue weighted by atomic mass is 10.2. The minimum atomic E-state index is -0.115. The predicted octanol–water partition coefficient (Wildman–Crippen LogP) is 3.34. The lowest BCUT2D eigenvalue weighted by molar-refractivity contribution is -0.117. The molecule has 1 amide bonds. The number of carbonyl (C=O) groups excluding carboxylic acids is 1. The number of rotatable bonds is 7. The van der Waals surface area contributed by atoms with Gasteiger partial charge in [-0.3, -0.25) is 9.69 Å². The van der Waals surface area contributed by atoms with Crippen molar-refractivity contribution in [1.29, 1.82) is 0 Å². The largest absolute Gasteiger partial charge is 0.495 e. The lowest BCUT2D eigenvalue weighted by Gasteiger charge is -2.35. The highest BCUT2D eigenvalue weighted by molar-refractivity contribution is 6.32. The quantitative estimate of drug-likeness (QED) is 0.697. The molecule has 9 heteroatoms. The third kappa shape index (κ3) is 5.77. The Balaban J connectivity index is 1.59. The number of aryl methyl sites for hydroxylation is 1. The first-order valence-electron chi connectivity index (χ1n) is 10.3. The molecule has 2 heterocycles. The smallest absolute Gasteiger partial charge is 0.238 e. The Morgan fingerprint density at radius 2 is 1.77 bits per heavy atom. The van der Waals surface area contributed by atoms with Crippen LogP contribution in [0.2, 0.25) is 5.02 Å². The number of carbonyl (C=O) groups is 1. The van der Waals surface area contributed by atoms with Crippen molar-refractivity contribution < 1.29 is 14.3 Å². The maximum atomic E-state index is 12.6. The summed E-state index contributed by atoms with van der Waals surface area (Å²) in [5.41, 5.74) is 1.51. The summed E-state index contributed by atoms with van der Waals surface area (Å²) in [7, 11) is 3.06. The Kier molecular flexibility index (Phi) is 7.56. The Morgan fingerprint density at radius 3 is 2.39 bits per heavy atom. The van der Waals surface area contributed by atoms with Gasteiger partial charge in [-0.2, -0.15) is 0 Å². The minimum Gasteiger partial charge on any atom is -0.495 e. The molecule has 0 aliphatic carbocycles. The average molecular weight is 448 g/mol. The first kappa shape index (κ1) is 23.1. The van der Waals surface area contributed by atoms with Crippen LogP contribution in [0.25, 0.3) is 0 Å². The standard InChI is InChI=1S/C22H30ClN5O3/c1-14(2)22-24-15(3)10-20(26-22)28-8-6-27(7-9-28)13-21(29)25-17-12-18(30-4)16(23)11-19(17)31-5/h10-12,14H,6-9,13H2,1-5H3,(H,25,29). The van der Waals surface area contributed by atoms with Crippen molar-refractivity contribution in [3.63, 3.8) is 0 Å². The van der Waals surface area contributed by atoms with Gasteiger partial charge in [-0.1, -0.05) is 25.4 Å². The van der Waals surface area contributed by atoms with Crippen LogP contribution in [-0.4, -0.2) is 67.7 Å². The zero-order valence-corrected chi connectivity index (χ0v) is 19.5. The zero-order chi connectivity index (χ0) is 22.5. The molecular formula is C22H30ClN5O3. The Labute approximate surface area is 188 Å². The van der Waals surface area contributed by atoms with Crippen LogP contribution >= 0.6 is 11.6 Å². The number of nitrogens with one attached hydrogen (secondary N) is 1. The number of nitrogens with zero attached hydrogens (tertiary/aromatic N) is 4. The zero-order valence-electron chi connectivity index (χ0n) is 18.7. The molecule has 1 fully saturated rings. The molecule has 1 aliphatic heterocycles. The third-order valence-electron chi connectivity index (χ3n) is 5.19. The van der Waals surface area contributed by atoms with Crippen molar-refractivity contribution in [1.82, 2.24) is 14.9 Å². The molecule has 0 saturated carbocycles. The Bertz CT molecular complexity index is 930. The fourth-order valence-electron chi connectivity index (χ4n) is 3.48. The molecular weight excluding hydrogens is 418 g/mol. The van der Waals surface area contributed by atoms with Crippen molar-refractivity contribution in [2.45, 2.75) is 26.7 Å². The van der Waals surface area contributed by atoms with E-state index in [0.29, 0.717) is 28.8 Å². The fourth-order valence-corrected chi connectivity index (χ4v) is 3.71. The van der Waals surface area contributed by atoms with Crippen molar-refractivity contribution in [2.75, 3.05) is 57.2 Å². The monoisotopic (exact) mass is 447 g/mol. The third-order valence-corrected chi connectivity index (χ3v) is 5.48. The van der Waals surface area contributed by atoms with Crippen LogP contribution in [-0.2, 0) is 4.79 Å². The van der Waals surface area contributed by atoms with Crippen molar-refractivity contribution in [3.8, 4) is 11.5 Å². The molecule has 0 spiro atoms. The number of benzene rings is 1. The van der Waals surface area contributed by atoms with Crippen molar-refractivity contribution in [2.24, 2.45) is 0 Å². The Morgan fingerprint density at radius 1 is 1.10 bits per heavy atom. The van der Waals surface area contributed by atoms with Gasteiger partial charge < -0.3 is 19.7 Å². The highest BCUT2D eigenvalue weighted by Crippen LogP contribution is 2.35. The number of ether oxygens (including phenoxy) is 2. The van der Waals surface area contributed by atoms with E-state index >= 15 is 0 Å². The van der Waals surface area contributed by atoms with Crippen LogP contribution < -0.4 is 19.7 Å². The molecule has 168 valence electrons. The van der Waals surface area contributed by atoms with Crippen molar-refractivity contribution in [3.05, 3.63) is 34.7 Å². The molecule has 1 aromatic heterocycles. The number of anilines is 2. The van der Waals surface area contributed by atoms with Crippen LogP contribution in [0.3, 0.4) is 0 Å². The summed E-state index contributed by atoms with van der Waals surface area (Å²) in [6.45, 7) is 9.64. The van der Waals surface area contributed by atoms with Crippen LogP contribution in [0.4, 0.5) is 11.5 Å². The van der Waals surface area contributed by atoms with Gasteiger partial charge >= 0.3 is 0 Å². The second kappa shape index (κ2) is 10.2. The summed E-state index contributed by atoms with van der Waals surface area (Å²) in [4.78, 5) is 26.3. The van der Waals surface area contributed by atoms with E-state index in [4.69, 9.17) is 26.1 Å². The summed E-state index contributed by atoms with van der Waals surface area (Å²) in [6.07, 6.45) is 0. The van der Waals surface area contributed by atoms with Gasteiger partial charge in [0, 0.05) is 56.0 Å². The number of hydrogen-bond acceptors (Lipinski definition) is 7. The molecule has 1 aliphatic rings. The maximum absolute atomic E-state index is 12.6. The Hall–Kier alpha value is -2.58. The molecule has 1 N–H and O–H groups in total. The van der Waals surface area contributed by atoms with Gasteiger partial charge in [-0.25, -0.2) is 9.97 Å². The molecule has 31 heavy (non-hydrogen) atoms. The van der Waals surface area contributed by atoms with Gasteiger partial charge in [0.05, 0.1) is 31.5 Å². The highest BCUT2D eigenvalue weighted by Gasteiger charge is 2.22. The van der Waals surface area contributed by atoms with Gasteiger partial charge in [0.25, 0.3) is 0 Å². The number of methoxy groups -OCH3 is 2. The van der Waals surface area contributed by atoms with E-state index in [1.165, 1.54) is 14.2 Å². The van der Waals surface area contributed by atoms with E-state index in [-0.39, 0.29) is 11.8 Å². The van der Waals surface area contributed by atoms with Gasteiger partial charge in [0.2, 0.25) is 5.91 Å². The molecule has 2 aromatic rings. The number of amides is 1. The maximum Gasteiger partial charge on any atom is 0.238 e. The van der Waals surface area contributed by atoms with Crippen LogP contribution in [0.1, 0.15) is 31.3 Å². The van der Waals surface area contributed by atoms with Crippen LogP contribution in [0.15, 0.2) is 18.2 Å². The molecule has 1 saturated heterocycles. The fraction of sp³-hybridized carbons (Fsp3) is 0.500. The number of hydrogen-bond donors (Lipinski definition) is 1. The average Bonchev–Trinajstić information content (AvgIpc) is 2.74. The van der Waals surface area contributed by atoms with Gasteiger partial charge in [0.1, 0.15) is 23.1 Å². The first-order valence-corrected chi connectivity index (χ1v) is 10.7. The second-order valence-electron chi connectivity index (χ2n) is 7.88. The summed E-state index contributed by atoms with van der Waals surface area (Å²) < 4.78 is 10.6. The summed E-state index contributed by atoms with van der Waals surface area (Å²) in [6, 6.07) is 5.32. The first-order chi connectivity index (χ1) is 14.8. The van der Waals surface area contributed by atoms with E-state index in [9.17, 15) is 4.79 Å². The van der Waals surface area contributed by atoms with E-state index in [1.807, 2.05) is 13.0 Å². The molecule has 0 radical (unpaired) electrons. The minimum absolute atomic E-state index is 0.115. The lowest BCUT2D eigenvalue weighted by Crippen LogP contribution is -2.49. The summed E-state index contributed by atoms with van der Waals surface area (Å²) in [5.74, 6) is 2.96. The normalized spacial score (nSPS) is 14.6. The summed E-state index contributed by atoms with van der Waals surface area (Å²) in [5, 5.41) is 3.33. The van der Waals surface area contributed by atoms with Crippen LogP contribution in [0.5, 0.6) is 11.5 Å². The van der Waals surface area contributed by atoms with Gasteiger partial charge in [0.15, 0.2) is 0 Å². The highest BCUT2D eigenvalue weighted by atomic mass is 35.5. The van der Waals surface area contributed by atoms with E-state index < -0.39 is 0 Å². The molecule has 3 rings (SSSR count). The number of aromatic nitrogens is 2. The van der Waals surface area contributed by atoms with Crippen LogP contribution in [0, 0.1) is 6.92 Å². The SMILES string of the molecule is COc1cc(NC(=O)CN2CCN(c3cc(C)nc(C(C)C)n3)CC2)c(OC)cc1Cl. The second-order valence-corrected chi connectivity index (χ2v) is 8.29. The predicted molar refractivity (Wildman–Crippen MR) is 123 cm³/mol. The molecule has 0 bridgehead atoms. The molecule has 8 nitrogen and oxygen atoms in total. The van der Waals surface area contributed by atoms with Gasteiger partial charge in [-0.05, 0) is 6.92 Å². The number of piperazine rings is 1. The van der Waals surface area contributed by atoms with E-state index in [1.54, 1.807) is 12.1 Å². The molecule has 0 unspecified atom stereocenters. The van der Waals surface area contributed by atoms with E-state index in [0.717, 1.165) is 43.5 Å². The van der Waals surface area contributed by atoms with Gasteiger partial charge in [-0.15, -0.1) is 0 Å². The molecule has 1 aromatic carbocycles. The van der Waals surface area contributed by atoms with Crippen molar-refractivity contribution >= 4 is 29.0 Å². The summed E-state index contributed by atoms with van der Waals surface area (Å²) >= 11 is 6.13. The van der Waals surface area contributed by atoms with E-state index in [2.05, 4.69) is 33.9 Å².